The quantitative estimate of drug-likeness (QED) is 0.477. The number of ketones is 1. The van der Waals surface area contributed by atoms with Crippen LogP contribution in [0.3, 0.4) is 0 Å². The minimum absolute atomic E-state index is 0.0878. The number of aryl methyl sites for hydroxylation is 1. The van der Waals surface area contributed by atoms with Crippen molar-refractivity contribution in [3.05, 3.63) is 52.1 Å². The fraction of sp³-hybridized carbons (Fsp3) is 0.412. The predicted molar refractivity (Wildman–Crippen MR) is 92.3 cm³/mol. The van der Waals surface area contributed by atoms with Crippen molar-refractivity contribution in [1.29, 1.82) is 0 Å². The molecule has 1 N–H and O–H groups in total. The predicted octanol–water partition coefficient (Wildman–Crippen LogP) is 3.41. The zero-order chi connectivity index (χ0) is 17.9. The molecule has 2 rings (SSSR count). The fourth-order valence-corrected chi connectivity index (χ4v) is 2.40. The maximum absolute atomic E-state index is 12.5. The van der Waals surface area contributed by atoms with Crippen LogP contribution in [0.4, 0.5) is 11.4 Å². The molecule has 0 aliphatic carbocycles. The third kappa shape index (κ3) is 3.61. The van der Waals surface area contributed by atoms with E-state index < -0.39 is 4.92 Å². The molecule has 0 aliphatic heterocycles. The van der Waals surface area contributed by atoms with Gasteiger partial charge in [-0.15, -0.1) is 0 Å². The van der Waals surface area contributed by atoms with Crippen LogP contribution in [-0.4, -0.2) is 26.3 Å². The maximum atomic E-state index is 12.5. The van der Waals surface area contributed by atoms with Gasteiger partial charge in [-0.25, -0.2) is 4.98 Å². The fourth-order valence-electron chi connectivity index (χ4n) is 2.40. The smallest absolute Gasteiger partial charge is 0.293 e. The van der Waals surface area contributed by atoms with Crippen molar-refractivity contribution in [2.24, 2.45) is 13.0 Å². The van der Waals surface area contributed by atoms with E-state index in [1.54, 1.807) is 29.9 Å². The molecule has 0 saturated carbocycles. The lowest BCUT2D eigenvalue weighted by atomic mass is 10.00. The number of hydrogen-bond acceptors (Lipinski definition) is 5. The summed E-state index contributed by atoms with van der Waals surface area (Å²) in [6.07, 6.45) is 4.15. The van der Waals surface area contributed by atoms with Crippen molar-refractivity contribution in [3.8, 4) is 0 Å². The molecule has 7 heteroatoms. The van der Waals surface area contributed by atoms with E-state index in [0.29, 0.717) is 11.6 Å². The minimum Gasteiger partial charge on any atom is -0.377 e. The highest BCUT2D eigenvalue weighted by atomic mass is 16.6. The lowest BCUT2D eigenvalue weighted by Gasteiger charge is -2.21. The first-order valence-corrected chi connectivity index (χ1v) is 7.92. The molecule has 24 heavy (non-hydrogen) atoms. The number of aromatic nitrogens is 2. The van der Waals surface area contributed by atoms with Crippen LogP contribution in [0, 0.1) is 16.0 Å². The molecule has 0 radical (unpaired) electrons. The van der Waals surface area contributed by atoms with E-state index in [1.165, 1.54) is 12.3 Å². The first-order valence-electron chi connectivity index (χ1n) is 7.92. The van der Waals surface area contributed by atoms with Gasteiger partial charge < -0.3 is 9.88 Å². The van der Waals surface area contributed by atoms with Crippen LogP contribution in [0.1, 0.15) is 43.4 Å². The first kappa shape index (κ1) is 17.7. The number of imidazole rings is 1. The molecule has 0 bridgehead atoms. The highest BCUT2D eigenvalue weighted by molar-refractivity contribution is 6.07. The third-order valence-electron chi connectivity index (χ3n) is 4.36. The molecule has 2 aromatic rings. The van der Waals surface area contributed by atoms with Gasteiger partial charge in [-0.05, 0) is 25.0 Å². The van der Waals surface area contributed by atoms with Crippen molar-refractivity contribution in [2.75, 3.05) is 5.32 Å². The molecule has 1 heterocycles. The average Bonchev–Trinajstić information content (AvgIpc) is 2.99. The molecule has 0 fully saturated rings. The van der Waals surface area contributed by atoms with Gasteiger partial charge in [0.25, 0.3) is 5.69 Å². The van der Waals surface area contributed by atoms with Crippen LogP contribution in [0.5, 0.6) is 0 Å². The molecule has 0 spiro atoms. The van der Waals surface area contributed by atoms with Gasteiger partial charge in [0.05, 0.1) is 4.92 Å². The van der Waals surface area contributed by atoms with Crippen molar-refractivity contribution in [3.63, 3.8) is 0 Å². The summed E-state index contributed by atoms with van der Waals surface area (Å²) in [5, 5.41) is 14.6. The average molecular weight is 330 g/mol. The van der Waals surface area contributed by atoms with Crippen LogP contribution in [0.25, 0.3) is 0 Å². The number of carbonyl (C=O) groups excluding carboxylic acids is 1. The van der Waals surface area contributed by atoms with Gasteiger partial charge in [-0.3, -0.25) is 14.9 Å². The minimum atomic E-state index is -0.471. The largest absolute Gasteiger partial charge is 0.377 e. The summed E-state index contributed by atoms with van der Waals surface area (Å²) in [4.78, 5) is 27.4. The summed E-state index contributed by atoms with van der Waals surface area (Å²) in [5.74, 6) is 0.281. The molecule has 128 valence electrons. The van der Waals surface area contributed by atoms with E-state index in [1.807, 2.05) is 6.92 Å². The molecule has 2 unspecified atom stereocenters. The van der Waals surface area contributed by atoms with Gasteiger partial charge in [-0.2, -0.15) is 0 Å². The van der Waals surface area contributed by atoms with Crippen molar-refractivity contribution in [1.82, 2.24) is 9.55 Å². The monoisotopic (exact) mass is 330 g/mol. The number of rotatable bonds is 7. The number of hydrogen-bond donors (Lipinski definition) is 1. The Morgan fingerprint density at radius 2 is 2.12 bits per heavy atom. The van der Waals surface area contributed by atoms with E-state index in [9.17, 15) is 14.9 Å². The van der Waals surface area contributed by atoms with Crippen LogP contribution < -0.4 is 5.32 Å². The number of nitro groups is 1. The van der Waals surface area contributed by atoms with Crippen molar-refractivity contribution >= 4 is 17.2 Å². The highest BCUT2D eigenvalue weighted by Crippen LogP contribution is 2.28. The van der Waals surface area contributed by atoms with E-state index in [-0.39, 0.29) is 28.9 Å². The zero-order valence-corrected chi connectivity index (χ0v) is 14.3. The summed E-state index contributed by atoms with van der Waals surface area (Å²) in [7, 11) is 1.71. The van der Waals surface area contributed by atoms with Crippen molar-refractivity contribution < 1.29 is 9.72 Å². The highest BCUT2D eigenvalue weighted by Gasteiger charge is 2.22. The summed E-state index contributed by atoms with van der Waals surface area (Å²) in [5.41, 5.74) is 0.562. The van der Waals surface area contributed by atoms with Gasteiger partial charge in [-0.1, -0.05) is 20.3 Å². The number of anilines is 1. The number of nitrogens with one attached hydrogen (secondary N) is 1. The van der Waals surface area contributed by atoms with E-state index in [0.717, 1.165) is 6.42 Å². The van der Waals surface area contributed by atoms with E-state index >= 15 is 0 Å². The lowest BCUT2D eigenvalue weighted by molar-refractivity contribution is -0.384. The molecule has 1 aromatic carbocycles. The van der Waals surface area contributed by atoms with Crippen LogP contribution in [0.2, 0.25) is 0 Å². The van der Waals surface area contributed by atoms with E-state index in [4.69, 9.17) is 0 Å². The van der Waals surface area contributed by atoms with Crippen molar-refractivity contribution in [2.45, 2.75) is 33.2 Å². The normalized spacial score (nSPS) is 13.3. The summed E-state index contributed by atoms with van der Waals surface area (Å²) in [6, 6.07) is 4.58. The third-order valence-corrected chi connectivity index (χ3v) is 4.36. The topological polar surface area (TPSA) is 90.1 Å². The Morgan fingerprint density at radius 3 is 2.67 bits per heavy atom. The first-order chi connectivity index (χ1) is 11.3. The molecular formula is C17H22N4O3. The van der Waals surface area contributed by atoms with Crippen LogP contribution in [0.15, 0.2) is 30.6 Å². The standard InChI is InChI=1S/C17H22N4O3/c1-5-11(2)12(3)19-14-7-6-13(10-15(14)21(23)24)16(22)17-18-8-9-20(17)4/h6-12,19H,5H2,1-4H3. The summed E-state index contributed by atoms with van der Waals surface area (Å²) < 4.78 is 1.59. The molecule has 2 atom stereocenters. The second-order valence-corrected chi connectivity index (χ2v) is 6.00. The number of carbonyl (C=O) groups is 1. The van der Waals surface area contributed by atoms with Gasteiger partial charge in [0.1, 0.15) is 5.69 Å². The van der Waals surface area contributed by atoms with Crippen LogP contribution >= 0.6 is 0 Å². The van der Waals surface area contributed by atoms with E-state index in [2.05, 4.69) is 24.1 Å². The molecule has 7 nitrogen and oxygen atoms in total. The number of nitro benzene ring substituents is 1. The molecule has 1 aromatic heterocycles. The lowest BCUT2D eigenvalue weighted by Crippen LogP contribution is -2.23. The molecule has 0 aliphatic rings. The summed E-state index contributed by atoms with van der Waals surface area (Å²) >= 11 is 0. The Kier molecular flexibility index (Phi) is 5.33. The molecule has 0 amide bonds. The Hall–Kier alpha value is -2.70. The molecule has 0 saturated heterocycles. The molecular weight excluding hydrogens is 308 g/mol. The zero-order valence-electron chi connectivity index (χ0n) is 14.3. The Bertz CT molecular complexity index is 754. The van der Waals surface area contributed by atoms with Gasteiger partial charge in [0.2, 0.25) is 5.78 Å². The van der Waals surface area contributed by atoms with Gasteiger partial charge in [0.15, 0.2) is 5.82 Å². The second-order valence-electron chi connectivity index (χ2n) is 6.00. The van der Waals surface area contributed by atoms with Gasteiger partial charge in [0, 0.05) is 37.1 Å². The SMILES string of the molecule is CCC(C)C(C)Nc1ccc(C(=O)c2nccn2C)cc1[N+](=O)[O-]. The maximum Gasteiger partial charge on any atom is 0.293 e. The van der Waals surface area contributed by atoms with Crippen LogP contribution in [-0.2, 0) is 7.05 Å². The Labute approximate surface area is 140 Å². The Balaban J connectivity index is 2.35. The van der Waals surface area contributed by atoms with Gasteiger partial charge >= 0.3 is 0 Å². The number of nitrogens with zero attached hydrogens (tertiary/aromatic N) is 3. The number of benzene rings is 1. The summed E-state index contributed by atoms with van der Waals surface area (Å²) in [6.45, 7) is 6.15. The second kappa shape index (κ2) is 7.25. The Morgan fingerprint density at radius 1 is 1.42 bits per heavy atom.